The van der Waals surface area contributed by atoms with Crippen molar-refractivity contribution in [3.05, 3.63) is 53.4 Å². The van der Waals surface area contributed by atoms with E-state index in [0.717, 1.165) is 34.5 Å². The van der Waals surface area contributed by atoms with E-state index in [1.165, 1.54) is 0 Å². The van der Waals surface area contributed by atoms with Gasteiger partial charge in [-0.1, -0.05) is 24.3 Å². The van der Waals surface area contributed by atoms with Crippen LogP contribution in [0.1, 0.15) is 16.8 Å². The molecular weight excluding hydrogens is 374 g/mol. The Morgan fingerprint density at radius 3 is 3.04 bits per heavy atom. The van der Waals surface area contributed by atoms with Crippen LogP contribution >= 0.6 is 11.3 Å². The Hall–Kier alpha value is -2.61. The molecule has 0 radical (unpaired) electrons. The Labute approximate surface area is 167 Å². The van der Waals surface area contributed by atoms with Gasteiger partial charge in [0, 0.05) is 25.0 Å². The second-order valence-electron chi connectivity index (χ2n) is 6.59. The van der Waals surface area contributed by atoms with E-state index in [9.17, 15) is 4.79 Å². The maximum atomic E-state index is 12.9. The van der Waals surface area contributed by atoms with Crippen molar-refractivity contribution < 1.29 is 14.3 Å². The van der Waals surface area contributed by atoms with Gasteiger partial charge in [-0.25, -0.2) is 10.4 Å². The molecule has 28 heavy (non-hydrogen) atoms. The van der Waals surface area contributed by atoms with Gasteiger partial charge in [-0.05, 0) is 30.0 Å². The van der Waals surface area contributed by atoms with Gasteiger partial charge in [-0.2, -0.15) is 5.10 Å². The largest absolute Gasteiger partial charge is 0.381 e. The Balaban J connectivity index is 1.58. The number of pyridine rings is 1. The van der Waals surface area contributed by atoms with E-state index >= 15 is 0 Å². The van der Waals surface area contributed by atoms with Gasteiger partial charge < -0.3 is 9.47 Å². The van der Waals surface area contributed by atoms with Crippen LogP contribution in [-0.4, -0.2) is 43.5 Å². The summed E-state index contributed by atoms with van der Waals surface area (Å²) in [7, 11) is 1.64. The number of methoxy groups -OCH3 is 1. The fourth-order valence-electron chi connectivity index (χ4n) is 3.33. The highest BCUT2D eigenvalue weighted by atomic mass is 32.1. The van der Waals surface area contributed by atoms with Crippen molar-refractivity contribution in [1.29, 1.82) is 0 Å². The number of ether oxygens (including phenoxy) is 2. The van der Waals surface area contributed by atoms with Gasteiger partial charge in [-0.3, -0.25) is 4.79 Å². The highest BCUT2D eigenvalue weighted by Gasteiger charge is 2.24. The number of benzene rings is 1. The van der Waals surface area contributed by atoms with Gasteiger partial charge >= 0.3 is 0 Å². The van der Waals surface area contributed by atoms with Gasteiger partial charge in [0.15, 0.2) is 0 Å². The summed E-state index contributed by atoms with van der Waals surface area (Å²) < 4.78 is 10.9. The smallest absolute Gasteiger partial charge is 0.272 e. The molecule has 2 atom stereocenters. The minimum atomic E-state index is -0.273. The van der Waals surface area contributed by atoms with Crippen molar-refractivity contribution in [1.82, 2.24) is 10.4 Å². The van der Waals surface area contributed by atoms with Crippen molar-refractivity contribution in [2.45, 2.75) is 12.5 Å². The first kappa shape index (κ1) is 18.7. The number of fused-ring (bicyclic) bond motifs is 1. The summed E-state index contributed by atoms with van der Waals surface area (Å²) in [5, 5.41) is 6.93. The predicted molar refractivity (Wildman–Crippen MR) is 111 cm³/mol. The van der Waals surface area contributed by atoms with Crippen LogP contribution < -0.4 is 5.43 Å². The topological polar surface area (TPSA) is 72.8 Å². The number of carbonyl (C=O) groups excluding carboxylic acids is 1. The lowest BCUT2D eigenvalue weighted by molar-refractivity contribution is 0.0925. The molecular formula is C21H21N3O3S. The second-order valence-corrected chi connectivity index (χ2v) is 7.54. The minimum absolute atomic E-state index is 0.182. The van der Waals surface area contributed by atoms with Crippen molar-refractivity contribution in [3.8, 4) is 10.6 Å². The van der Waals surface area contributed by atoms with Crippen LogP contribution in [0.5, 0.6) is 0 Å². The number of carbonyl (C=O) groups is 1. The lowest BCUT2D eigenvalue weighted by Crippen LogP contribution is -2.27. The summed E-state index contributed by atoms with van der Waals surface area (Å²) in [4.78, 5) is 18.6. The first-order valence-electron chi connectivity index (χ1n) is 9.14. The van der Waals surface area contributed by atoms with E-state index in [1.54, 1.807) is 24.7 Å². The molecule has 0 spiro atoms. The first-order chi connectivity index (χ1) is 13.8. The van der Waals surface area contributed by atoms with Crippen LogP contribution in [-0.2, 0) is 9.47 Å². The molecule has 1 saturated heterocycles. The van der Waals surface area contributed by atoms with Crippen LogP contribution in [0.25, 0.3) is 21.5 Å². The molecule has 1 aliphatic heterocycles. The van der Waals surface area contributed by atoms with E-state index in [-0.39, 0.29) is 17.9 Å². The van der Waals surface area contributed by atoms with Crippen LogP contribution in [0.3, 0.4) is 0 Å². The Morgan fingerprint density at radius 2 is 2.29 bits per heavy atom. The molecule has 3 aromatic rings. The summed E-state index contributed by atoms with van der Waals surface area (Å²) in [6.07, 6.45) is 2.39. The predicted octanol–water partition coefficient (Wildman–Crippen LogP) is 3.73. The second kappa shape index (κ2) is 8.60. The molecule has 1 aliphatic rings. The molecule has 1 aromatic carbocycles. The number of para-hydroxylation sites is 1. The van der Waals surface area contributed by atoms with E-state index in [4.69, 9.17) is 14.5 Å². The Kier molecular flexibility index (Phi) is 5.76. The molecule has 1 amide bonds. The summed E-state index contributed by atoms with van der Waals surface area (Å²) in [5.74, 6) is -0.0111. The van der Waals surface area contributed by atoms with Gasteiger partial charge in [0.1, 0.15) is 0 Å². The summed E-state index contributed by atoms with van der Waals surface area (Å²) in [6.45, 7) is 1.39. The lowest BCUT2D eigenvalue weighted by atomic mass is 10.0. The zero-order valence-corrected chi connectivity index (χ0v) is 16.3. The zero-order chi connectivity index (χ0) is 19.3. The molecule has 0 saturated carbocycles. The molecule has 7 heteroatoms. The van der Waals surface area contributed by atoms with Crippen molar-refractivity contribution >= 4 is 34.4 Å². The van der Waals surface area contributed by atoms with Crippen molar-refractivity contribution in [3.63, 3.8) is 0 Å². The number of rotatable bonds is 6. The molecule has 1 fully saturated rings. The fourth-order valence-corrected chi connectivity index (χ4v) is 4.02. The third-order valence-electron chi connectivity index (χ3n) is 4.82. The third-order valence-corrected chi connectivity index (χ3v) is 5.72. The molecule has 4 rings (SSSR count). The number of aromatic nitrogens is 1. The van der Waals surface area contributed by atoms with Crippen LogP contribution in [0, 0.1) is 5.92 Å². The SMILES string of the molecule is COC(/C=N/NC(=O)c1cc(-c2cccs2)nc2ccccc12)C1CCOC1. The molecule has 2 unspecified atom stereocenters. The highest BCUT2D eigenvalue weighted by molar-refractivity contribution is 7.13. The summed E-state index contributed by atoms with van der Waals surface area (Å²) in [6, 6.07) is 13.4. The lowest BCUT2D eigenvalue weighted by Gasteiger charge is -2.15. The van der Waals surface area contributed by atoms with E-state index in [1.807, 2.05) is 47.8 Å². The molecule has 0 aliphatic carbocycles. The number of hydrazone groups is 1. The number of thiophene rings is 1. The summed E-state index contributed by atoms with van der Waals surface area (Å²) in [5.41, 5.74) is 4.74. The number of nitrogens with one attached hydrogen (secondary N) is 1. The molecule has 6 nitrogen and oxygen atoms in total. The average molecular weight is 395 g/mol. The molecule has 1 N–H and O–H groups in total. The van der Waals surface area contributed by atoms with Crippen LogP contribution in [0.2, 0.25) is 0 Å². The number of hydrogen-bond donors (Lipinski definition) is 1. The van der Waals surface area contributed by atoms with Gasteiger partial charge in [0.2, 0.25) is 0 Å². The number of hydrogen-bond acceptors (Lipinski definition) is 6. The van der Waals surface area contributed by atoms with E-state index < -0.39 is 0 Å². The molecule has 2 aromatic heterocycles. The minimum Gasteiger partial charge on any atom is -0.381 e. The standard InChI is InChI=1S/C21H21N3O3S/c1-26-19(14-8-9-27-13-14)12-22-24-21(25)16-11-18(20-7-4-10-28-20)23-17-6-3-2-5-15(16)17/h2-7,10-12,14,19H,8-9,13H2,1H3,(H,24,25)/b22-12+. The van der Waals surface area contributed by atoms with E-state index in [2.05, 4.69) is 10.5 Å². The highest BCUT2D eigenvalue weighted by Crippen LogP contribution is 2.27. The summed E-state index contributed by atoms with van der Waals surface area (Å²) >= 11 is 1.59. The van der Waals surface area contributed by atoms with Crippen LogP contribution in [0.4, 0.5) is 0 Å². The Bertz CT molecular complexity index is 982. The maximum absolute atomic E-state index is 12.9. The molecule has 3 heterocycles. The zero-order valence-electron chi connectivity index (χ0n) is 15.5. The van der Waals surface area contributed by atoms with Crippen molar-refractivity contribution in [2.75, 3.05) is 20.3 Å². The monoisotopic (exact) mass is 395 g/mol. The van der Waals surface area contributed by atoms with Gasteiger partial charge in [-0.15, -0.1) is 11.3 Å². The van der Waals surface area contributed by atoms with E-state index in [0.29, 0.717) is 12.2 Å². The normalized spacial score (nSPS) is 18.0. The fraction of sp³-hybridized carbons (Fsp3) is 0.286. The maximum Gasteiger partial charge on any atom is 0.272 e. The molecule has 144 valence electrons. The van der Waals surface area contributed by atoms with Crippen LogP contribution in [0.15, 0.2) is 52.9 Å². The molecule has 0 bridgehead atoms. The quantitative estimate of drug-likeness (QED) is 0.510. The van der Waals surface area contributed by atoms with Crippen molar-refractivity contribution in [2.24, 2.45) is 11.0 Å². The number of amides is 1. The average Bonchev–Trinajstić information content (AvgIpc) is 3.44. The van der Waals surface area contributed by atoms with Gasteiger partial charge in [0.25, 0.3) is 5.91 Å². The van der Waals surface area contributed by atoms with Gasteiger partial charge in [0.05, 0.1) is 40.6 Å². The number of nitrogens with zero attached hydrogens (tertiary/aromatic N) is 2. The third kappa shape index (κ3) is 3.96. The first-order valence-corrected chi connectivity index (χ1v) is 10.0. The Morgan fingerprint density at radius 1 is 1.39 bits per heavy atom.